The number of hydrogen-bond donors (Lipinski definition) is 1. The zero-order valence-electron chi connectivity index (χ0n) is 19.0. The normalized spacial score (nSPS) is 15.8. The van der Waals surface area contributed by atoms with Gasteiger partial charge in [0, 0.05) is 6.54 Å². The number of carbonyl (C=O) groups excluding carboxylic acids is 1. The molecule has 1 N–H and O–H groups in total. The Bertz CT molecular complexity index is 1360. The summed E-state index contributed by atoms with van der Waals surface area (Å²) in [6, 6.07) is 16.0. The van der Waals surface area contributed by atoms with Crippen LogP contribution in [0, 0.1) is 13.8 Å². The summed E-state index contributed by atoms with van der Waals surface area (Å²) in [5.41, 5.74) is 1.44. The monoisotopic (exact) mass is 504 g/mol. The van der Waals surface area contributed by atoms with Gasteiger partial charge in [-0.3, -0.25) is 9.10 Å². The Morgan fingerprint density at radius 3 is 2.40 bits per heavy atom. The molecule has 0 aliphatic carbocycles. The van der Waals surface area contributed by atoms with Crippen LogP contribution in [0.15, 0.2) is 71.6 Å². The van der Waals surface area contributed by atoms with Crippen molar-refractivity contribution in [2.24, 2.45) is 0 Å². The predicted molar refractivity (Wildman–Crippen MR) is 125 cm³/mol. The summed E-state index contributed by atoms with van der Waals surface area (Å²) in [5, 5.41) is 2.56. The lowest BCUT2D eigenvalue weighted by molar-refractivity contribution is -0.137. The highest BCUT2D eigenvalue weighted by Crippen LogP contribution is 2.38. The van der Waals surface area contributed by atoms with Crippen molar-refractivity contribution >= 4 is 21.6 Å². The smallest absolute Gasteiger partial charge is 0.416 e. The molecule has 1 unspecified atom stereocenters. The van der Waals surface area contributed by atoms with Crippen LogP contribution in [0.5, 0.6) is 5.75 Å². The summed E-state index contributed by atoms with van der Waals surface area (Å²) in [6.45, 7) is 3.18. The average molecular weight is 505 g/mol. The highest BCUT2D eigenvalue weighted by atomic mass is 32.2. The number of hydrogen-bond acceptors (Lipinski definition) is 4. The lowest BCUT2D eigenvalue weighted by Gasteiger charge is -2.35. The largest absolute Gasteiger partial charge is 0.476 e. The number of amides is 1. The molecule has 1 heterocycles. The van der Waals surface area contributed by atoms with E-state index in [1.54, 1.807) is 37.3 Å². The first kappa shape index (κ1) is 24.6. The standard InChI is InChI=1S/C25H23F3N2O4S/c1-16-6-9-20(10-7-16)35(32,33)30-15-23(34-22-12-17(2)8-11-21(22)30)24(31)29-14-18-4-3-5-19(13-18)25(26,27)28/h3-13,23H,14-15H2,1-2H3,(H,29,31). The van der Waals surface area contributed by atoms with Crippen LogP contribution in [-0.4, -0.2) is 27.0 Å². The zero-order valence-corrected chi connectivity index (χ0v) is 19.8. The van der Waals surface area contributed by atoms with E-state index >= 15 is 0 Å². The zero-order chi connectivity index (χ0) is 25.4. The van der Waals surface area contributed by atoms with Crippen LogP contribution >= 0.6 is 0 Å². The quantitative estimate of drug-likeness (QED) is 0.551. The second kappa shape index (κ2) is 9.26. The van der Waals surface area contributed by atoms with Crippen LogP contribution in [0.4, 0.5) is 18.9 Å². The molecular weight excluding hydrogens is 481 g/mol. The number of halogens is 3. The Morgan fingerprint density at radius 1 is 1.03 bits per heavy atom. The number of ether oxygens (including phenoxy) is 1. The molecule has 0 aromatic heterocycles. The molecule has 0 saturated carbocycles. The first-order valence-corrected chi connectivity index (χ1v) is 12.2. The maximum absolute atomic E-state index is 13.5. The van der Waals surface area contributed by atoms with Gasteiger partial charge in [-0.15, -0.1) is 0 Å². The van der Waals surface area contributed by atoms with Crippen molar-refractivity contribution in [3.8, 4) is 5.75 Å². The minimum Gasteiger partial charge on any atom is -0.476 e. The van der Waals surface area contributed by atoms with Gasteiger partial charge in [-0.1, -0.05) is 35.9 Å². The molecule has 3 aromatic rings. The van der Waals surface area contributed by atoms with Crippen LogP contribution < -0.4 is 14.4 Å². The number of nitrogens with one attached hydrogen (secondary N) is 1. The van der Waals surface area contributed by atoms with Crippen molar-refractivity contribution in [3.63, 3.8) is 0 Å². The minimum atomic E-state index is -4.50. The molecule has 0 spiro atoms. The number of sulfonamides is 1. The van der Waals surface area contributed by atoms with Gasteiger partial charge in [0.15, 0.2) is 6.10 Å². The van der Waals surface area contributed by atoms with E-state index in [9.17, 15) is 26.4 Å². The molecule has 0 saturated heterocycles. The summed E-state index contributed by atoms with van der Waals surface area (Å²) in [7, 11) is -4.01. The van der Waals surface area contributed by atoms with Crippen molar-refractivity contribution in [1.29, 1.82) is 0 Å². The summed E-state index contributed by atoms with van der Waals surface area (Å²) >= 11 is 0. The number of anilines is 1. The van der Waals surface area contributed by atoms with E-state index in [1.807, 2.05) is 6.92 Å². The number of benzene rings is 3. The Morgan fingerprint density at radius 2 is 1.71 bits per heavy atom. The summed E-state index contributed by atoms with van der Waals surface area (Å²) < 4.78 is 72.8. The molecule has 35 heavy (non-hydrogen) atoms. The van der Waals surface area contributed by atoms with Crippen molar-refractivity contribution in [3.05, 3.63) is 89.0 Å². The third-order valence-electron chi connectivity index (χ3n) is 5.61. The Hall–Kier alpha value is -3.53. The third-order valence-corrected chi connectivity index (χ3v) is 7.40. The molecule has 4 rings (SSSR count). The SMILES string of the molecule is Cc1ccc(S(=O)(=O)N2CC(C(=O)NCc3cccc(C(F)(F)F)c3)Oc3cc(C)ccc32)cc1. The van der Waals surface area contributed by atoms with Crippen LogP contribution in [0.1, 0.15) is 22.3 Å². The van der Waals surface area contributed by atoms with Crippen molar-refractivity contribution < 1.29 is 31.1 Å². The number of fused-ring (bicyclic) bond motifs is 1. The molecule has 10 heteroatoms. The van der Waals surface area contributed by atoms with Gasteiger partial charge in [-0.05, 0) is 61.4 Å². The molecule has 0 fully saturated rings. The van der Waals surface area contributed by atoms with Crippen LogP contribution in [0.2, 0.25) is 0 Å². The fourth-order valence-electron chi connectivity index (χ4n) is 3.72. The van der Waals surface area contributed by atoms with Crippen molar-refractivity contribution in [2.45, 2.75) is 37.6 Å². The van der Waals surface area contributed by atoms with Gasteiger partial charge in [-0.25, -0.2) is 8.42 Å². The van der Waals surface area contributed by atoms with E-state index in [1.165, 1.54) is 24.3 Å². The number of alkyl halides is 3. The molecule has 184 valence electrons. The van der Waals surface area contributed by atoms with Crippen molar-refractivity contribution in [1.82, 2.24) is 5.32 Å². The molecule has 0 radical (unpaired) electrons. The van der Waals surface area contributed by atoms with Gasteiger partial charge < -0.3 is 10.1 Å². The van der Waals surface area contributed by atoms with Crippen LogP contribution in [0.3, 0.4) is 0 Å². The van der Waals surface area contributed by atoms with Gasteiger partial charge in [0.25, 0.3) is 15.9 Å². The third kappa shape index (κ3) is 5.27. The first-order valence-electron chi connectivity index (χ1n) is 10.8. The van der Waals surface area contributed by atoms with E-state index in [0.29, 0.717) is 5.69 Å². The molecule has 1 aliphatic heterocycles. The van der Waals surface area contributed by atoms with Gasteiger partial charge in [0.05, 0.1) is 22.7 Å². The highest BCUT2D eigenvalue weighted by Gasteiger charge is 2.37. The lowest BCUT2D eigenvalue weighted by Crippen LogP contribution is -2.50. The van der Waals surface area contributed by atoms with Crippen LogP contribution in [0.25, 0.3) is 0 Å². The van der Waals surface area contributed by atoms with Gasteiger partial charge in [0.1, 0.15) is 5.75 Å². The topological polar surface area (TPSA) is 75.7 Å². The van der Waals surface area contributed by atoms with Gasteiger partial charge >= 0.3 is 6.18 Å². The van der Waals surface area contributed by atoms with E-state index in [4.69, 9.17) is 4.74 Å². The predicted octanol–water partition coefficient (Wildman–Crippen LogP) is 4.59. The second-order valence-electron chi connectivity index (χ2n) is 8.34. The van der Waals surface area contributed by atoms with Crippen LogP contribution in [-0.2, 0) is 27.5 Å². The van der Waals surface area contributed by atoms with Gasteiger partial charge in [0.2, 0.25) is 0 Å². The maximum Gasteiger partial charge on any atom is 0.416 e. The van der Waals surface area contributed by atoms with E-state index in [-0.39, 0.29) is 29.3 Å². The van der Waals surface area contributed by atoms with E-state index in [2.05, 4.69) is 5.32 Å². The Balaban J connectivity index is 1.59. The summed E-state index contributed by atoms with van der Waals surface area (Å²) in [6.07, 6.45) is -5.70. The molecule has 6 nitrogen and oxygen atoms in total. The number of nitrogens with zero attached hydrogens (tertiary/aromatic N) is 1. The average Bonchev–Trinajstić information content (AvgIpc) is 2.81. The number of carbonyl (C=O) groups is 1. The summed E-state index contributed by atoms with van der Waals surface area (Å²) in [5.74, 6) is -0.412. The molecular formula is C25H23F3N2O4S. The van der Waals surface area contributed by atoms with Crippen molar-refractivity contribution in [2.75, 3.05) is 10.8 Å². The Labute approximate surface area is 201 Å². The fraction of sp³-hybridized carbons (Fsp3) is 0.240. The second-order valence-corrected chi connectivity index (χ2v) is 10.2. The van der Waals surface area contributed by atoms with E-state index in [0.717, 1.165) is 27.6 Å². The number of rotatable bonds is 5. The summed E-state index contributed by atoms with van der Waals surface area (Å²) in [4.78, 5) is 13.0. The maximum atomic E-state index is 13.5. The fourth-order valence-corrected chi connectivity index (χ4v) is 5.20. The lowest BCUT2D eigenvalue weighted by atomic mass is 10.1. The molecule has 0 bridgehead atoms. The first-order chi connectivity index (χ1) is 16.4. The molecule has 3 aromatic carbocycles. The minimum absolute atomic E-state index is 0.0691. The van der Waals surface area contributed by atoms with E-state index < -0.39 is 33.8 Å². The highest BCUT2D eigenvalue weighted by molar-refractivity contribution is 7.92. The molecule has 1 aliphatic rings. The number of aryl methyl sites for hydroxylation is 2. The van der Waals surface area contributed by atoms with Gasteiger partial charge in [-0.2, -0.15) is 13.2 Å². The Kier molecular flexibility index (Phi) is 6.50. The molecule has 1 amide bonds. The molecule has 1 atom stereocenters.